The Morgan fingerprint density at radius 3 is 2.55 bits per heavy atom. The fraction of sp³-hybridized carbons (Fsp3) is 0.167. The van der Waals surface area contributed by atoms with Crippen LogP contribution in [0.2, 0.25) is 5.02 Å². The zero-order chi connectivity index (χ0) is 15.8. The predicted octanol–water partition coefficient (Wildman–Crippen LogP) is 4.85. The van der Waals surface area contributed by atoms with Gasteiger partial charge in [0, 0.05) is 11.1 Å². The Balaban J connectivity index is 2.13. The smallest absolute Gasteiger partial charge is 0.161 e. The quantitative estimate of drug-likeness (QED) is 0.716. The molecular weight excluding hydrogens is 298 g/mol. The largest absolute Gasteiger partial charge is 0.490 e. The Morgan fingerprint density at radius 1 is 1.09 bits per heavy atom. The van der Waals surface area contributed by atoms with E-state index in [2.05, 4.69) is 0 Å². The molecule has 0 unspecified atom stereocenters. The van der Waals surface area contributed by atoms with E-state index in [-0.39, 0.29) is 0 Å². The summed E-state index contributed by atoms with van der Waals surface area (Å²) in [5.41, 5.74) is 1.92. The van der Waals surface area contributed by atoms with Gasteiger partial charge >= 0.3 is 0 Å². The van der Waals surface area contributed by atoms with Crippen LogP contribution >= 0.6 is 11.6 Å². The number of halogens is 1. The van der Waals surface area contributed by atoms with Gasteiger partial charge in [-0.15, -0.1) is 0 Å². The van der Waals surface area contributed by atoms with Crippen molar-refractivity contribution in [2.45, 2.75) is 13.5 Å². The number of ether oxygens (including phenoxy) is 2. The van der Waals surface area contributed by atoms with E-state index in [4.69, 9.17) is 26.3 Å². The molecule has 2 aromatic rings. The Morgan fingerprint density at radius 2 is 1.86 bits per heavy atom. The van der Waals surface area contributed by atoms with Crippen LogP contribution in [0.3, 0.4) is 0 Å². The summed E-state index contributed by atoms with van der Waals surface area (Å²) in [6.45, 7) is 2.90. The van der Waals surface area contributed by atoms with Crippen molar-refractivity contribution in [3.63, 3.8) is 0 Å². The number of nitrogens with zero attached hydrogens (tertiary/aromatic N) is 1. The molecule has 112 valence electrons. The van der Waals surface area contributed by atoms with Crippen LogP contribution in [0.25, 0.3) is 6.08 Å². The number of allylic oxidation sites excluding steroid dienone is 1. The fourth-order valence-electron chi connectivity index (χ4n) is 1.89. The number of benzene rings is 2. The summed E-state index contributed by atoms with van der Waals surface area (Å²) in [6.07, 6.45) is 3.16. The van der Waals surface area contributed by atoms with Gasteiger partial charge in [0.25, 0.3) is 0 Å². The van der Waals surface area contributed by atoms with E-state index in [9.17, 15) is 0 Å². The van der Waals surface area contributed by atoms with Gasteiger partial charge in [0.05, 0.1) is 12.7 Å². The predicted molar refractivity (Wildman–Crippen MR) is 88.0 cm³/mol. The van der Waals surface area contributed by atoms with Crippen molar-refractivity contribution in [2.24, 2.45) is 0 Å². The average Bonchev–Trinajstić information content (AvgIpc) is 2.54. The van der Waals surface area contributed by atoms with Gasteiger partial charge in [-0.1, -0.05) is 29.8 Å². The monoisotopic (exact) mass is 313 g/mol. The molecule has 0 radical (unpaired) electrons. The Labute approximate surface area is 135 Å². The SMILES string of the molecule is CCOc1cc(C=CC#N)ccc1OCc1ccc(Cl)cc1. The van der Waals surface area contributed by atoms with Crippen LogP contribution in [-0.4, -0.2) is 6.61 Å². The van der Waals surface area contributed by atoms with E-state index >= 15 is 0 Å². The second-order valence-corrected chi connectivity index (χ2v) is 4.95. The third-order valence-electron chi connectivity index (χ3n) is 2.93. The summed E-state index contributed by atoms with van der Waals surface area (Å²) in [6, 6.07) is 15.1. The van der Waals surface area contributed by atoms with Crippen LogP contribution in [-0.2, 0) is 6.61 Å². The minimum atomic E-state index is 0.435. The van der Waals surface area contributed by atoms with Gasteiger partial charge in [0.15, 0.2) is 11.5 Å². The van der Waals surface area contributed by atoms with Crippen molar-refractivity contribution in [3.8, 4) is 17.6 Å². The molecule has 0 aliphatic rings. The molecule has 0 aliphatic carbocycles. The summed E-state index contributed by atoms with van der Waals surface area (Å²) >= 11 is 5.86. The summed E-state index contributed by atoms with van der Waals surface area (Å²) in [5.74, 6) is 1.34. The maximum Gasteiger partial charge on any atom is 0.161 e. The van der Waals surface area contributed by atoms with Crippen molar-refractivity contribution in [3.05, 3.63) is 64.7 Å². The molecule has 0 spiro atoms. The van der Waals surface area contributed by atoms with Gasteiger partial charge in [-0.3, -0.25) is 0 Å². The fourth-order valence-corrected chi connectivity index (χ4v) is 2.02. The Hall–Kier alpha value is -2.44. The second-order valence-electron chi connectivity index (χ2n) is 4.52. The zero-order valence-corrected chi connectivity index (χ0v) is 13.0. The lowest BCUT2D eigenvalue weighted by Crippen LogP contribution is -1.99. The highest BCUT2D eigenvalue weighted by molar-refractivity contribution is 6.30. The molecule has 4 heteroatoms. The Bertz CT molecular complexity index is 687. The van der Waals surface area contributed by atoms with Crippen LogP contribution in [0.15, 0.2) is 48.5 Å². The average molecular weight is 314 g/mol. The number of hydrogen-bond acceptors (Lipinski definition) is 3. The van der Waals surface area contributed by atoms with Crippen molar-refractivity contribution in [1.82, 2.24) is 0 Å². The van der Waals surface area contributed by atoms with Crippen LogP contribution in [0.1, 0.15) is 18.1 Å². The number of rotatable bonds is 6. The molecule has 3 nitrogen and oxygen atoms in total. The lowest BCUT2D eigenvalue weighted by atomic mass is 10.2. The first kappa shape index (κ1) is 15.9. The molecule has 22 heavy (non-hydrogen) atoms. The lowest BCUT2D eigenvalue weighted by molar-refractivity contribution is 0.269. The number of hydrogen-bond donors (Lipinski definition) is 0. The van der Waals surface area contributed by atoms with Crippen LogP contribution in [0.5, 0.6) is 11.5 Å². The molecule has 2 rings (SSSR count). The normalized spacial score (nSPS) is 10.4. The molecule has 0 aliphatic heterocycles. The van der Waals surface area contributed by atoms with E-state index in [0.29, 0.717) is 29.7 Å². The minimum Gasteiger partial charge on any atom is -0.490 e. The molecule has 0 amide bonds. The van der Waals surface area contributed by atoms with E-state index in [1.807, 2.05) is 55.5 Å². The maximum absolute atomic E-state index is 8.58. The van der Waals surface area contributed by atoms with E-state index in [1.165, 1.54) is 6.08 Å². The van der Waals surface area contributed by atoms with Crippen molar-refractivity contribution in [1.29, 1.82) is 5.26 Å². The molecule has 0 heterocycles. The first-order valence-electron chi connectivity index (χ1n) is 6.93. The third-order valence-corrected chi connectivity index (χ3v) is 3.18. The summed E-state index contributed by atoms with van der Waals surface area (Å²) in [5, 5.41) is 9.28. The van der Waals surface area contributed by atoms with Crippen molar-refractivity contribution < 1.29 is 9.47 Å². The third kappa shape index (κ3) is 4.54. The minimum absolute atomic E-state index is 0.435. The lowest BCUT2D eigenvalue weighted by Gasteiger charge is -2.12. The Kier molecular flexibility index (Phi) is 5.88. The molecule has 0 bridgehead atoms. The summed E-state index contributed by atoms with van der Waals surface area (Å²) in [4.78, 5) is 0. The van der Waals surface area contributed by atoms with E-state index in [0.717, 1.165) is 11.1 Å². The molecular formula is C18H16ClNO2. The summed E-state index contributed by atoms with van der Waals surface area (Å²) < 4.78 is 11.4. The van der Waals surface area contributed by atoms with Crippen LogP contribution < -0.4 is 9.47 Å². The van der Waals surface area contributed by atoms with Gasteiger partial charge in [-0.2, -0.15) is 5.26 Å². The van der Waals surface area contributed by atoms with Gasteiger partial charge in [-0.05, 0) is 48.4 Å². The highest BCUT2D eigenvalue weighted by atomic mass is 35.5. The molecule has 0 N–H and O–H groups in total. The maximum atomic E-state index is 8.58. The van der Waals surface area contributed by atoms with Crippen molar-refractivity contribution >= 4 is 17.7 Å². The van der Waals surface area contributed by atoms with Crippen molar-refractivity contribution in [2.75, 3.05) is 6.61 Å². The van der Waals surface area contributed by atoms with E-state index < -0.39 is 0 Å². The standard InChI is InChI=1S/C18H16ClNO2/c1-2-21-18-12-14(4-3-11-20)7-10-17(18)22-13-15-5-8-16(19)9-6-15/h3-10,12H,2,13H2,1H3. The zero-order valence-electron chi connectivity index (χ0n) is 12.3. The van der Waals surface area contributed by atoms with Gasteiger partial charge in [-0.25, -0.2) is 0 Å². The number of nitriles is 1. The highest BCUT2D eigenvalue weighted by Gasteiger charge is 2.06. The molecule has 0 fully saturated rings. The van der Waals surface area contributed by atoms with Crippen LogP contribution in [0.4, 0.5) is 0 Å². The van der Waals surface area contributed by atoms with Gasteiger partial charge in [0.1, 0.15) is 6.61 Å². The van der Waals surface area contributed by atoms with Crippen LogP contribution in [0, 0.1) is 11.3 Å². The highest BCUT2D eigenvalue weighted by Crippen LogP contribution is 2.29. The molecule has 0 aromatic heterocycles. The molecule has 0 atom stereocenters. The molecule has 0 saturated heterocycles. The van der Waals surface area contributed by atoms with Gasteiger partial charge in [0.2, 0.25) is 0 Å². The second kappa shape index (κ2) is 8.11. The molecule has 0 saturated carbocycles. The molecule has 2 aromatic carbocycles. The first-order valence-corrected chi connectivity index (χ1v) is 7.31. The van der Waals surface area contributed by atoms with Gasteiger partial charge < -0.3 is 9.47 Å². The summed E-state index contributed by atoms with van der Waals surface area (Å²) in [7, 11) is 0. The van der Waals surface area contributed by atoms with E-state index in [1.54, 1.807) is 6.08 Å². The first-order chi connectivity index (χ1) is 10.7. The topological polar surface area (TPSA) is 42.2 Å².